The molecule has 3 N–H and O–H groups in total. The summed E-state index contributed by atoms with van der Waals surface area (Å²) in [5.74, 6) is 2.05. The highest BCUT2D eigenvalue weighted by atomic mass is 15.1. The Bertz CT molecular complexity index is 649. The van der Waals surface area contributed by atoms with E-state index >= 15 is 0 Å². The number of fused-ring (bicyclic) bond motifs is 1. The minimum absolute atomic E-state index is 0.546. The normalized spacial score (nSPS) is 13.9. The fourth-order valence-corrected chi connectivity index (χ4v) is 2.80. The second-order valence-corrected chi connectivity index (χ2v) is 5.41. The van der Waals surface area contributed by atoms with Gasteiger partial charge in [0.25, 0.3) is 0 Å². The van der Waals surface area contributed by atoms with Crippen LogP contribution in [0.5, 0.6) is 0 Å². The molecule has 0 saturated heterocycles. The average Bonchev–Trinajstić information content (AvgIpc) is 2.44. The van der Waals surface area contributed by atoms with E-state index < -0.39 is 0 Å². The average molecular weight is 268 g/mol. The van der Waals surface area contributed by atoms with E-state index in [1.54, 1.807) is 0 Å². The third-order valence-electron chi connectivity index (χ3n) is 3.94. The van der Waals surface area contributed by atoms with Gasteiger partial charge in [0.15, 0.2) is 0 Å². The lowest BCUT2D eigenvalue weighted by Gasteiger charge is -2.20. The summed E-state index contributed by atoms with van der Waals surface area (Å²) in [7, 11) is 0. The van der Waals surface area contributed by atoms with Crippen molar-refractivity contribution in [2.75, 3.05) is 11.1 Å². The van der Waals surface area contributed by atoms with Crippen LogP contribution in [0.15, 0.2) is 18.2 Å². The predicted octanol–water partition coefficient (Wildman–Crippen LogP) is 3.30. The van der Waals surface area contributed by atoms with E-state index in [1.807, 2.05) is 13.8 Å². The quantitative estimate of drug-likeness (QED) is 0.877. The number of nitrogen functional groups attached to an aromatic ring is 1. The summed E-state index contributed by atoms with van der Waals surface area (Å²) >= 11 is 0. The zero-order valence-electron chi connectivity index (χ0n) is 12.0. The lowest BCUT2D eigenvalue weighted by molar-refractivity contribution is 0.687. The Labute approximate surface area is 119 Å². The maximum Gasteiger partial charge on any atom is 0.139 e. The first kappa shape index (κ1) is 12.9. The van der Waals surface area contributed by atoms with Crippen molar-refractivity contribution in [3.63, 3.8) is 0 Å². The Morgan fingerprint density at radius 1 is 1.10 bits per heavy atom. The minimum atomic E-state index is 0.546. The van der Waals surface area contributed by atoms with Gasteiger partial charge < -0.3 is 11.1 Å². The molecule has 1 aromatic heterocycles. The largest absolute Gasteiger partial charge is 0.383 e. The van der Waals surface area contributed by atoms with E-state index in [0.717, 1.165) is 23.5 Å². The highest BCUT2D eigenvalue weighted by Crippen LogP contribution is 2.30. The summed E-state index contributed by atoms with van der Waals surface area (Å²) in [6.07, 6.45) is 4.86. The first-order valence-electron chi connectivity index (χ1n) is 7.13. The van der Waals surface area contributed by atoms with Crippen molar-refractivity contribution in [2.24, 2.45) is 0 Å². The van der Waals surface area contributed by atoms with Gasteiger partial charge in [0.1, 0.15) is 17.5 Å². The lowest BCUT2D eigenvalue weighted by atomic mass is 9.90. The molecule has 4 heteroatoms. The zero-order valence-corrected chi connectivity index (χ0v) is 12.0. The molecule has 2 aromatic rings. The van der Waals surface area contributed by atoms with Crippen LogP contribution < -0.4 is 11.1 Å². The fraction of sp³-hybridized carbons (Fsp3) is 0.375. The van der Waals surface area contributed by atoms with Crippen molar-refractivity contribution < 1.29 is 0 Å². The molecule has 0 saturated carbocycles. The van der Waals surface area contributed by atoms with Crippen LogP contribution in [0.2, 0.25) is 0 Å². The third-order valence-corrected chi connectivity index (χ3v) is 3.94. The molecular weight excluding hydrogens is 248 g/mol. The Morgan fingerprint density at radius 3 is 2.75 bits per heavy atom. The number of nitrogens with zero attached hydrogens (tertiary/aromatic N) is 2. The molecule has 1 aromatic carbocycles. The van der Waals surface area contributed by atoms with Gasteiger partial charge >= 0.3 is 0 Å². The molecule has 0 fully saturated rings. The first-order valence-corrected chi connectivity index (χ1v) is 7.13. The molecule has 3 rings (SSSR count). The Hall–Kier alpha value is -2.10. The number of benzene rings is 1. The van der Waals surface area contributed by atoms with Crippen molar-refractivity contribution in [1.29, 1.82) is 0 Å². The van der Waals surface area contributed by atoms with Crippen LogP contribution in [0.3, 0.4) is 0 Å². The van der Waals surface area contributed by atoms with Crippen LogP contribution in [0.4, 0.5) is 17.3 Å². The number of nitrogens with two attached hydrogens (primary N) is 1. The molecule has 0 unspecified atom stereocenters. The van der Waals surface area contributed by atoms with Gasteiger partial charge in [-0.05, 0) is 56.7 Å². The second-order valence-electron chi connectivity index (χ2n) is 5.41. The van der Waals surface area contributed by atoms with Gasteiger partial charge in [0, 0.05) is 11.3 Å². The van der Waals surface area contributed by atoms with Gasteiger partial charge in [-0.3, -0.25) is 0 Å². The molecule has 0 aliphatic heterocycles. The van der Waals surface area contributed by atoms with E-state index in [0.29, 0.717) is 11.6 Å². The summed E-state index contributed by atoms with van der Waals surface area (Å²) < 4.78 is 0. The lowest BCUT2D eigenvalue weighted by Crippen LogP contribution is -2.09. The molecule has 0 radical (unpaired) electrons. The summed E-state index contributed by atoms with van der Waals surface area (Å²) in [5.41, 5.74) is 10.9. The SMILES string of the molecule is Cc1nc(N)c(C)c(Nc2cccc3c2CCCC3)n1. The maximum absolute atomic E-state index is 5.92. The minimum Gasteiger partial charge on any atom is -0.383 e. The van der Waals surface area contributed by atoms with E-state index in [9.17, 15) is 0 Å². The van der Waals surface area contributed by atoms with Crippen LogP contribution in [-0.2, 0) is 12.8 Å². The van der Waals surface area contributed by atoms with Crippen LogP contribution >= 0.6 is 0 Å². The van der Waals surface area contributed by atoms with Gasteiger partial charge in [-0.25, -0.2) is 9.97 Å². The molecule has 1 aliphatic carbocycles. The van der Waals surface area contributed by atoms with Crippen LogP contribution in [0.25, 0.3) is 0 Å². The topological polar surface area (TPSA) is 63.8 Å². The first-order chi connectivity index (χ1) is 9.65. The van der Waals surface area contributed by atoms with Gasteiger partial charge in [0.2, 0.25) is 0 Å². The van der Waals surface area contributed by atoms with E-state index in [4.69, 9.17) is 5.73 Å². The van der Waals surface area contributed by atoms with E-state index in [2.05, 4.69) is 33.5 Å². The molecule has 104 valence electrons. The zero-order chi connectivity index (χ0) is 14.1. The third kappa shape index (κ3) is 2.33. The van der Waals surface area contributed by atoms with E-state index in [-0.39, 0.29) is 0 Å². The van der Waals surface area contributed by atoms with Crippen molar-refractivity contribution in [3.05, 3.63) is 40.7 Å². The van der Waals surface area contributed by atoms with E-state index in [1.165, 1.54) is 30.4 Å². The summed E-state index contributed by atoms with van der Waals surface area (Å²) in [6.45, 7) is 3.81. The van der Waals surface area contributed by atoms with Gasteiger partial charge in [-0.1, -0.05) is 12.1 Å². The molecule has 0 atom stereocenters. The van der Waals surface area contributed by atoms with Gasteiger partial charge in [0.05, 0.1) is 0 Å². The number of nitrogens with one attached hydrogen (secondary N) is 1. The van der Waals surface area contributed by atoms with Crippen LogP contribution in [0, 0.1) is 13.8 Å². The smallest absolute Gasteiger partial charge is 0.139 e. The maximum atomic E-state index is 5.92. The second kappa shape index (κ2) is 5.12. The molecule has 1 aliphatic rings. The van der Waals surface area contributed by atoms with Crippen LogP contribution in [0.1, 0.15) is 35.4 Å². The van der Waals surface area contributed by atoms with Crippen molar-refractivity contribution in [1.82, 2.24) is 9.97 Å². The number of aryl methyl sites for hydroxylation is 2. The highest BCUT2D eigenvalue weighted by molar-refractivity contribution is 5.67. The van der Waals surface area contributed by atoms with Crippen molar-refractivity contribution >= 4 is 17.3 Å². The highest BCUT2D eigenvalue weighted by Gasteiger charge is 2.14. The summed E-state index contributed by atoms with van der Waals surface area (Å²) in [4.78, 5) is 8.67. The number of rotatable bonds is 2. The van der Waals surface area contributed by atoms with Crippen LogP contribution in [-0.4, -0.2) is 9.97 Å². The molecular formula is C16H20N4. The van der Waals surface area contributed by atoms with Crippen molar-refractivity contribution in [2.45, 2.75) is 39.5 Å². The summed E-state index contributed by atoms with van der Waals surface area (Å²) in [5, 5.41) is 3.45. The summed E-state index contributed by atoms with van der Waals surface area (Å²) in [6, 6.07) is 6.46. The number of aromatic nitrogens is 2. The number of anilines is 3. The molecule has 0 amide bonds. The fourth-order valence-electron chi connectivity index (χ4n) is 2.80. The number of hydrogen-bond donors (Lipinski definition) is 2. The van der Waals surface area contributed by atoms with Crippen molar-refractivity contribution in [3.8, 4) is 0 Å². The number of hydrogen-bond acceptors (Lipinski definition) is 4. The van der Waals surface area contributed by atoms with Gasteiger partial charge in [-0.15, -0.1) is 0 Å². The molecule has 0 bridgehead atoms. The Kier molecular flexibility index (Phi) is 3.30. The molecule has 1 heterocycles. The standard InChI is InChI=1S/C16H20N4/c1-10-15(17)18-11(2)19-16(10)20-14-9-5-7-12-6-3-4-8-13(12)14/h5,7,9H,3-4,6,8H2,1-2H3,(H3,17,18,19,20). The van der Waals surface area contributed by atoms with Gasteiger partial charge in [-0.2, -0.15) is 0 Å². The predicted molar refractivity (Wildman–Crippen MR) is 82.3 cm³/mol. The monoisotopic (exact) mass is 268 g/mol. The Balaban J connectivity index is 2.00. The molecule has 4 nitrogen and oxygen atoms in total. The molecule has 20 heavy (non-hydrogen) atoms. The Morgan fingerprint density at radius 2 is 1.90 bits per heavy atom. The molecule has 0 spiro atoms.